The Balaban J connectivity index is 1.83. The summed E-state index contributed by atoms with van der Waals surface area (Å²) in [6.07, 6.45) is 9.10. The molecule has 0 saturated heterocycles. The molecule has 0 amide bonds. The Labute approximate surface area is 150 Å². The van der Waals surface area contributed by atoms with Crippen LogP contribution >= 0.6 is 0 Å². The fraction of sp³-hybridized carbons (Fsp3) is 0.526. The van der Waals surface area contributed by atoms with Gasteiger partial charge in [0.2, 0.25) is 0 Å². The Hall–Kier alpha value is -2.37. The summed E-state index contributed by atoms with van der Waals surface area (Å²) in [5, 5.41) is 11.0. The predicted molar refractivity (Wildman–Crippen MR) is 103 cm³/mol. The number of hydrogen-bond acceptors (Lipinski definition) is 3. The lowest BCUT2D eigenvalue weighted by Crippen LogP contribution is -2.41. The minimum atomic E-state index is 0.405. The lowest BCUT2D eigenvalue weighted by atomic mass is 10.0. The minimum absolute atomic E-state index is 0.405. The molecule has 0 spiro atoms. The largest absolute Gasteiger partial charge is 0.354 e. The van der Waals surface area contributed by atoms with E-state index in [0.29, 0.717) is 12.6 Å². The van der Waals surface area contributed by atoms with Crippen molar-refractivity contribution in [1.29, 1.82) is 0 Å². The van der Waals surface area contributed by atoms with Gasteiger partial charge in [-0.1, -0.05) is 26.7 Å². The van der Waals surface area contributed by atoms with E-state index in [1.165, 1.54) is 12.8 Å². The van der Waals surface area contributed by atoms with Crippen molar-refractivity contribution in [3.63, 3.8) is 0 Å². The summed E-state index contributed by atoms with van der Waals surface area (Å²) in [7, 11) is 1.80. The first-order valence-corrected chi connectivity index (χ1v) is 9.00. The highest BCUT2D eigenvalue weighted by molar-refractivity contribution is 5.79. The monoisotopic (exact) mass is 342 g/mol. The van der Waals surface area contributed by atoms with Crippen LogP contribution in [-0.2, 0) is 6.54 Å². The molecule has 6 nitrogen and oxygen atoms in total. The van der Waals surface area contributed by atoms with Gasteiger partial charge in [0.1, 0.15) is 0 Å². The van der Waals surface area contributed by atoms with Gasteiger partial charge in [-0.05, 0) is 43.0 Å². The molecule has 2 rings (SSSR count). The van der Waals surface area contributed by atoms with Gasteiger partial charge < -0.3 is 10.6 Å². The van der Waals surface area contributed by atoms with Crippen LogP contribution in [0.3, 0.4) is 0 Å². The second kappa shape index (κ2) is 9.81. The number of aliphatic imine (C=N–C) groups is 1. The van der Waals surface area contributed by atoms with Crippen LogP contribution in [0.2, 0.25) is 0 Å². The Kier molecular flexibility index (Phi) is 7.44. The van der Waals surface area contributed by atoms with E-state index in [-0.39, 0.29) is 0 Å². The summed E-state index contributed by atoms with van der Waals surface area (Å²) >= 11 is 0. The standard InChI is InChI=1S/C19H30N6/c1-15(2)7-5-8-16(3)24-19(20-4)22-14-17-9-11-21-18(13-17)25-12-6-10-23-25/h6,9-13,15-16H,5,7-8,14H2,1-4H3,(H2,20,22,24). The number of nitrogens with one attached hydrogen (secondary N) is 2. The van der Waals surface area contributed by atoms with Crippen LogP contribution in [0.4, 0.5) is 0 Å². The quantitative estimate of drug-likeness (QED) is 0.571. The highest BCUT2D eigenvalue weighted by atomic mass is 15.3. The summed E-state index contributed by atoms with van der Waals surface area (Å²) in [5.74, 6) is 2.41. The van der Waals surface area contributed by atoms with Crippen molar-refractivity contribution in [3.05, 3.63) is 42.4 Å². The number of guanidine groups is 1. The Morgan fingerprint density at radius 2 is 2.08 bits per heavy atom. The van der Waals surface area contributed by atoms with Crippen molar-refractivity contribution >= 4 is 5.96 Å². The molecule has 25 heavy (non-hydrogen) atoms. The predicted octanol–water partition coefficient (Wildman–Crippen LogP) is 3.15. The molecule has 1 unspecified atom stereocenters. The van der Waals surface area contributed by atoms with E-state index in [1.807, 2.05) is 24.4 Å². The van der Waals surface area contributed by atoms with E-state index in [0.717, 1.165) is 29.7 Å². The molecular formula is C19H30N6. The Bertz CT molecular complexity index is 648. The van der Waals surface area contributed by atoms with Crippen molar-refractivity contribution in [3.8, 4) is 5.82 Å². The third-order valence-electron chi connectivity index (χ3n) is 4.03. The van der Waals surface area contributed by atoms with Gasteiger partial charge in [0.25, 0.3) is 0 Å². The summed E-state index contributed by atoms with van der Waals surface area (Å²) < 4.78 is 1.76. The molecule has 2 aromatic rings. The van der Waals surface area contributed by atoms with Gasteiger partial charge in [-0.25, -0.2) is 9.67 Å². The van der Waals surface area contributed by atoms with E-state index >= 15 is 0 Å². The molecule has 0 saturated carbocycles. The minimum Gasteiger partial charge on any atom is -0.354 e. The Morgan fingerprint density at radius 3 is 2.76 bits per heavy atom. The second-order valence-corrected chi connectivity index (χ2v) is 6.77. The van der Waals surface area contributed by atoms with Crippen LogP contribution in [0.15, 0.2) is 41.8 Å². The first-order valence-electron chi connectivity index (χ1n) is 9.00. The number of nitrogens with zero attached hydrogens (tertiary/aromatic N) is 4. The van der Waals surface area contributed by atoms with Crippen molar-refractivity contribution < 1.29 is 0 Å². The third kappa shape index (κ3) is 6.57. The molecule has 0 radical (unpaired) electrons. The maximum atomic E-state index is 4.35. The van der Waals surface area contributed by atoms with E-state index in [2.05, 4.69) is 46.5 Å². The van der Waals surface area contributed by atoms with E-state index in [4.69, 9.17) is 0 Å². The molecular weight excluding hydrogens is 312 g/mol. The molecule has 0 bridgehead atoms. The molecule has 136 valence electrons. The van der Waals surface area contributed by atoms with Crippen molar-refractivity contribution in [2.45, 2.75) is 52.6 Å². The van der Waals surface area contributed by atoms with Crippen LogP contribution in [0.5, 0.6) is 0 Å². The highest BCUT2D eigenvalue weighted by Crippen LogP contribution is 2.08. The maximum absolute atomic E-state index is 4.35. The summed E-state index contributed by atoms with van der Waals surface area (Å²) in [5.41, 5.74) is 1.14. The summed E-state index contributed by atoms with van der Waals surface area (Å²) in [4.78, 5) is 8.67. The van der Waals surface area contributed by atoms with Gasteiger partial charge in [0.15, 0.2) is 11.8 Å². The topological polar surface area (TPSA) is 67.1 Å². The van der Waals surface area contributed by atoms with Crippen LogP contribution in [0.25, 0.3) is 5.82 Å². The van der Waals surface area contributed by atoms with Gasteiger partial charge in [-0.2, -0.15) is 5.10 Å². The van der Waals surface area contributed by atoms with Crippen molar-refractivity contribution in [2.24, 2.45) is 10.9 Å². The first kappa shape index (κ1) is 19.0. The molecule has 0 aliphatic rings. The molecule has 0 aromatic carbocycles. The molecule has 1 atom stereocenters. The summed E-state index contributed by atoms with van der Waals surface area (Å²) in [6, 6.07) is 6.32. The number of aromatic nitrogens is 3. The molecule has 2 N–H and O–H groups in total. The maximum Gasteiger partial charge on any atom is 0.191 e. The highest BCUT2D eigenvalue weighted by Gasteiger charge is 2.06. The molecule has 0 aliphatic heterocycles. The van der Waals surface area contributed by atoms with Gasteiger partial charge in [0.05, 0.1) is 0 Å². The normalized spacial score (nSPS) is 13.1. The molecule has 0 fully saturated rings. The fourth-order valence-corrected chi connectivity index (χ4v) is 2.62. The number of pyridine rings is 1. The Morgan fingerprint density at radius 1 is 1.24 bits per heavy atom. The van der Waals surface area contributed by atoms with Gasteiger partial charge in [0, 0.05) is 38.2 Å². The number of hydrogen-bond donors (Lipinski definition) is 2. The first-order chi connectivity index (χ1) is 12.1. The van der Waals surface area contributed by atoms with Crippen molar-refractivity contribution in [2.75, 3.05) is 7.05 Å². The molecule has 2 heterocycles. The SMILES string of the molecule is CN=C(NCc1ccnc(-n2cccn2)c1)NC(C)CCCC(C)C. The van der Waals surface area contributed by atoms with E-state index in [9.17, 15) is 0 Å². The van der Waals surface area contributed by atoms with Gasteiger partial charge in [-0.15, -0.1) is 0 Å². The van der Waals surface area contributed by atoms with Crippen LogP contribution in [-0.4, -0.2) is 33.8 Å². The number of rotatable bonds is 8. The van der Waals surface area contributed by atoms with Crippen LogP contribution in [0, 0.1) is 5.92 Å². The zero-order chi connectivity index (χ0) is 18.1. The fourth-order valence-electron chi connectivity index (χ4n) is 2.62. The zero-order valence-electron chi connectivity index (χ0n) is 15.7. The third-order valence-corrected chi connectivity index (χ3v) is 4.03. The van der Waals surface area contributed by atoms with Gasteiger partial charge in [-0.3, -0.25) is 4.99 Å². The summed E-state index contributed by atoms with van der Waals surface area (Å²) in [6.45, 7) is 7.43. The van der Waals surface area contributed by atoms with Crippen molar-refractivity contribution in [1.82, 2.24) is 25.4 Å². The molecule has 2 aromatic heterocycles. The average molecular weight is 342 g/mol. The lowest BCUT2D eigenvalue weighted by Gasteiger charge is -2.18. The lowest BCUT2D eigenvalue weighted by molar-refractivity contribution is 0.491. The van der Waals surface area contributed by atoms with E-state index < -0.39 is 0 Å². The zero-order valence-corrected chi connectivity index (χ0v) is 15.7. The van der Waals surface area contributed by atoms with Crippen LogP contribution in [0.1, 0.15) is 45.6 Å². The van der Waals surface area contributed by atoms with Crippen LogP contribution < -0.4 is 10.6 Å². The molecule has 0 aliphatic carbocycles. The smallest absolute Gasteiger partial charge is 0.191 e. The average Bonchev–Trinajstić information content (AvgIpc) is 3.13. The van der Waals surface area contributed by atoms with Gasteiger partial charge >= 0.3 is 0 Å². The van der Waals surface area contributed by atoms with E-state index in [1.54, 1.807) is 24.1 Å². The molecule has 6 heteroatoms. The second-order valence-electron chi connectivity index (χ2n) is 6.77.